The van der Waals surface area contributed by atoms with Gasteiger partial charge in [0.1, 0.15) is 0 Å². The molecule has 1 heterocycles. The molecule has 0 atom stereocenters. The maximum absolute atomic E-state index is 12.8. The smallest absolute Gasteiger partial charge is 0.195 e. The first-order chi connectivity index (χ1) is 9.81. The number of hydrogen-bond donors (Lipinski definition) is 0. The van der Waals surface area contributed by atoms with Crippen LogP contribution in [0.1, 0.15) is 28.4 Å². The van der Waals surface area contributed by atoms with E-state index in [4.69, 9.17) is 0 Å². The molecule has 2 aromatic carbocycles. The summed E-state index contributed by atoms with van der Waals surface area (Å²) in [6, 6.07) is 15.6. The Morgan fingerprint density at radius 1 is 0.950 bits per heavy atom. The van der Waals surface area contributed by atoms with Crippen molar-refractivity contribution in [2.45, 2.75) is 13.3 Å². The van der Waals surface area contributed by atoms with Crippen LogP contribution in [-0.4, -0.2) is 10.8 Å². The SMILES string of the molecule is CCc1ccccc1C(=O)c1cncc2ccccc12. The summed E-state index contributed by atoms with van der Waals surface area (Å²) in [6.07, 6.45) is 4.30. The fourth-order valence-electron chi connectivity index (χ4n) is 2.49. The van der Waals surface area contributed by atoms with E-state index in [2.05, 4.69) is 11.9 Å². The van der Waals surface area contributed by atoms with Crippen LogP contribution in [0.4, 0.5) is 0 Å². The van der Waals surface area contributed by atoms with Crippen LogP contribution in [0.2, 0.25) is 0 Å². The lowest BCUT2D eigenvalue weighted by Crippen LogP contribution is -2.06. The number of aryl methyl sites for hydroxylation is 1. The van der Waals surface area contributed by atoms with Crippen LogP contribution < -0.4 is 0 Å². The number of carbonyl (C=O) groups excluding carboxylic acids is 1. The second-order valence-electron chi connectivity index (χ2n) is 4.75. The molecule has 2 heteroatoms. The number of carbonyl (C=O) groups is 1. The maximum atomic E-state index is 12.8. The van der Waals surface area contributed by atoms with Crippen molar-refractivity contribution in [3.8, 4) is 0 Å². The van der Waals surface area contributed by atoms with E-state index in [1.807, 2.05) is 48.5 Å². The number of fused-ring (bicyclic) bond motifs is 1. The molecule has 3 aromatic rings. The summed E-state index contributed by atoms with van der Waals surface area (Å²) < 4.78 is 0. The molecule has 1 aromatic heterocycles. The minimum Gasteiger partial charge on any atom is -0.289 e. The summed E-state index contributed by atoms with van der Waals surface area (Å²) in [6.45, 7) is 2.06. The normalized spacial score (nSPS) is 10.7. The highest BCUT2D eigenvalue weighted by Gasteiger charge is 2.15. The van der Waals surface area contributed by atoms with Gasteiger partial charge in [0, 0.05) is 28.9 Å². The zero-order valence-corrected chi connectivity index (χ0v) is 11.3. The first-order valence-electron chi connectivity index (χ1n) is 6.76. The van der Waals surface area contributed by atoms with Gasteiger partial charge in [-0.25, -0.2) is 0 Å². The van der Waals surface area contributed by atoms with Gasteiger partial charge in [0.05, 0.1) is 0 Å². The van der Waals surface area contributed by atoms with Gasteiger partial charge < -0.3 is 0 Å². The molecule has 0 aliphatic carbocycles. The van der Waals surface area contributed by atoms with Gasteiger partial charge in [-0.05, 0) is 17.4 Å². The lowest BCUT2D eigenvalue weighted by Gasteiger charge is -2.08. The highest BCUT2D eigenvalue weighted by molar-refractivity contribution is 6.16. The minimum atomic E-state index is 0.0479. The van der Waals surface area contributed by atoms with Crippen molar-refractivity contribution >= 4 is 16.6 Å². The first-order valence-corrected chi connectivity index (χ1v) is 6.76. The van der Waals surface area contributed by atoms with Gasteiger partial charge in [0.15, 0.2) is 5.78 Å². The predicted octanol–water partition coefficient (Wildman–Crippen LogP) is 4.03. The standard InChI is InChI=1S/C18H15NO/c1-2-13-7-3-6-10-16(13)18(20)17-12-19-11-14-8-4-5-9-15(14)17/h3-12H,2H2,1H3. The number of hydrogen-bond acceptors (Lipinski definition) is 2. The zero-order valence-electron chi connectivity index (χ0n) is 11.3. The molecular weight excluding hydrogens is 246 g/mol. The molecule has 3 rings (SSSR count). The maximum Gasteiger partial charge on any atom is 0.195 e. The van der Waals surface area contributed by atoms with E-state index in [0.717, 1.165) is 28.3 Å². The Kier molecular flexibility index (Phi) is 3.30. The molecule has 0 saturated carbocycles. The van der Waals surface area contributed by atoms with Crippen molar-refractivity contribution in [1.82, 2.24) is 4.98 Å². The molecule has 2 nitrogen and oxygen atoms in total. The average molecular weight is 261 g/mol. The number of benzene rings is 2. The summed E-state index contributed by atoms with van der Waals surface area (Å²) in [7, 11) is 0. The van der Waals surface area contributed by atoms with Crippen molar-refractivity contribution in [3.05, 3.63) is 77.6 Å². The average Bonchev–Trinajstić information content (AvgIpc) is 2.53. The molecule has 0 amide bonds. The summed E-state index contributed by atoms with van der Waals surface area (Å²) in [5.41, 5.74) is 2.52. The Morgan fingerprint density at radius 3 is 2.55 bits per heavy atom. The molecule has 0 fully saturated rings. The molecule has 20 heavy (non-hydrogen) atoms. The molecule has 0 radical (unpaired) electrons. The van der Waals surface area contributed by atoms with Crippen LogP contribution in [0.25, 0.3) is 10.8 Å². The second-order valence-corrected chi connectivity index (χ2v) is 4.75. The molecule has 0 spiro atoms. The molecule has 0 unspecified atom stereocenters. The first kappa shape index (κ1) is 12.5. The summed E-state index contributed by atoms with van der Waals surface area (Å²) in [5, 5.41) is 1.95. The summed E-state index contributed by atoms with van der Waals surface area (Å²) >= 11 is 0. The zero-order chi connectivity index (χ0) is 13.9. The van der Waals surface area contributed by atoms with Gasteiger partial charge >= 0.3 is 0 Å². The third-order valence-corrected chi connectivity index (χ3v) is 3.56. The van der Waals surface area contributed by atoms with Gasteiger partial charge in [-0.15, -0.1) is 0 Å². The highest BCUT2D eigenvalue weighted by Crippen LogP contribution is 2.22. The van der Waals surface area contributed by atoms with E-state index >= 15 is 0 Å². The Balaban J connectivity index is 2.18. The van der Waals surface area contributed by atoms with Crippen molar-refractivity contribution in [3.63, 3.8) is 0 Å². The monoisotopic (exact) mass is 261 g/mol. The van der Waals surface area contributed by atoms with Crippen molar-refractivity contribution < 1.29 is 4.79 Å². The fourth-order valence-corrected chi connectivity index (χ4v) is 2.49. The Morgan fingerprint density at radius 2 is 1.70 bits per heavy atom. The van der Waals surface area contributed by atoms with Crippen molar-refractivity contribution in [1.29, 1.82) is 0 Å². The Hall–Kier alpha value is -2.48. The molecular formula is C18H15NO. The predicted molar refractivity (Wildman–Crippen MR) is 81.0 cm³/mol. The van der Waals surface area contributed by atoms with Crippen LogP contribution in [0.15, 0.2) is 60.9 Å². The third kappa shape index (κ3) is 2.10. The van der Waals surface area contributed by atoms with E-state index in [9.17, 15) is 4.79 Å². The van der Waals surface area contributed by atoms with E-state index in [1.165, 1.54) is 0 Å². The van der Waals surface area contributed by atoms with E-state index in [0.29, 0.717) is 5.56 Å². The van der Waals surface area contributed by atoms with Gasteiger partial charge in [-0.1, -0.05) is 55.5 Å². The number of nitrogens with zero attached hydrogens (tertiary/aromatic N) is 1. The van der Waals surface area contributed by atoms with Crippen LogP contribution >= 0.6 is 0 Å². The van der Waals surface area contributed by atoms with Crippen LogP contribution in [0, 0.1) is 0 Å². The number of aromatic nitrogens is 1. The molecule has 0 aliphatic rings. The lowest BCUT2D eigenvalue weighted by atomic mass is 9.95. The summed E-state index contributed by atoms with van der Waals surface area (Å²) in [5.74, 6) is 0.0479. The quantitative estimate of drug-likeness (QED) is 0.666. The Labute approximate surface area is 118 Å². The molecule has 0 N–H and O–H groups in total. The van der Waals surface area contributed by atoms with Gasteiger partial charge in [-0.3, -0.25) is 9.78 Å². The van der Waals surface area contributed by atoms with E-state index in [1.54, 1.807) is 12.4 Å². The fraction of sp³-hybridized carbons (Fsp3) is 0.111. The largest absolute Gasteiger partial charge is 0.289 e. The highest BCUT2D eigenvalue weighted by atomic mass is 16.1. The minimum absolute atomic E-state index is 0.0479. The van der Waals surface area contributed by atoms with Gasteiger partial charge in [0.25, 0.3) is 0 Å². The van der Waals surface area contributed by atoms with E-state index in [-0.39, 0.29) is 5.78 Å². The van der Waals surface area contributed by atoms with E-state index < -0.39 is 0 Å². The summed E-state index contributed by atoms with van der Waals surface area (Å²) in [4.78, 5) is 17.0. The number of rotatable bonds is 3. The number of pyridine rings is 1. The van der Waals surface area contributed by atoms with Crippen LogP contribution in [-0.2, 0) is 6.42 Å². The molecule has 0 bridgehead atoms. The molecule has 0 saturated heterocycles. The van der Waals surface area contributed by atoms with Crippen molar-refractivity contribution in [2.75, 3.05) is 0 Å². The molecule has 0 aliphatic heterocycles. The van der Waals surface area contributed by atoms with Gasteiger partial charge in [-0.2, -0.15) is 0 Å². The van der Waals surface area contributed by atoms with Crippen LogP contribution in [0.5, 0.6) is 0 Å². The third-order valence-electron chi connectivity index (χ3n) is 3.56. The van der Waals surface area contributed by atoms with Crippen molar-refractivity contribution in [2.24, 2.45) is 0 Å². The van der Waals surface area contributed by atoms with Crippen LogP contribution in [0.3, 0.4) is 0 Å². The second kappa shape index (κ2) is 5.25. The number of ketones is 1. The Bertz CT molecular complexity index is 772. The molecule has 98 valence electrons. The topological polar surface area (TPSA) is 30.0 Å². The van der Waals surface area contributed by atoms with Gasteiger partial charge in [0.2, 0.25) is 0 Å². The lowest BCUT2D eigenvalue weighted by molar-refractivity contribution is 0.103.